The number of hydrogen-bond donors (Lipinski definition) is 3. The van der Waals surface area contributed by atoms with Gasteiger partial charge in [-0.1, -0.05) is 13.8 Å². The van der Waals surface area contributed by atoms with Gasteiger partial charge in [0.1, 0.15) is 11.6 Å². The number of carbonyl (C=O) groups is 3. The molecule has 2 heterocycles. The molecule has 148 valence electrons. The zero-order chi connectivity index (χ0) is 19.7. The Kier molecular flexibility index (Phi) is 6.12. The molecular weight excluding hydrogens is 356 g/mol. The van der Waals surface area contributed by atoms with Crippen LogP contribution in [0.4, 0.5) is 4.79 Å². The predicted octanol–water partition coefficient (Wildman–Crippen LogP) is 0.655. The van der Waals surface area contributed by atoms with Crippen LogP contribution in [0.3, 0.4) is 0 Å². The molecule has 0 aromatic rings. The number of primary amides is 1. The lowest BCUT2D eigenvalue weighted by Gasteiger charge is -2.29. The van der Waals surface area contributed by atoms with Crippen molar-refractivity contribution < 1.29 is 19.1 Å². The van der Waals surface area contributed by atoms with E-state index < -0.39 is 17.7 Å². The highest BCUT2D eigenvalue weighted by molar-refractivity contribution is 8.01. The predicted molar refractivity (Wildman–Crippen MR) is 100 cm³/mol. The van der Waals surface area contributed by atoms with Crippen molar-refractivity contribution in [2.75, 3.05) is 18.8 Å². The summed E-state index contributed by atoms with van der Waals surface area (Å²) in [5, 5.41) is 5.98. The third kappa shape index (κ3) is 5.03. The average molecular weight is 387 g/mol. The van der Waals surface area contributed by atoms with Crippen LogP contribution in [-0.4, -0.2) is 64.2 Å². The summed E-state index contributed by atoms with van der Waals surface area (Å²) in [6, 6.07) is -1.02. The van der Waals surface area contributed by atoms with Gasteiger partial charge in [0.25, 0.3) is 0 Å². The molecule has 2 fully saturated rings. The first kappa shape index (κ1) is 20.8. The Labute approximate surface area is 158 Å². The highest BCUT2D eigenvalue weighted by Gasteiger charge is 2.48. The molecule has 2 saturated heterocycles. The van der Waals surface area contributed by atoms with Crippen molar-refractivity contribution in [2.45, 2.75) is 63.6 Å². The maximum absolute atomic E-state index is 13.0. The molecule has 2 aliphatic rings. The molecule has 1 spiro atoms. The second-order valence-corrected chi connectivity index (χ2v) is 9.69. The van der Waals surface area contributed by atoms with E-state index in [0.29, 0.717) is 18.8 Å². The summed E-state index contributed by atoms with van der Waals surface area (Å²) in [4.78, 5) is 37.9. The SMILES string of the molecule is CC(C)[C@H](NC(=O)OC(C)(C)C)C(=O)N1CCC2(C1)N[C@H](C(N)=O)CS2. The van der Waals surface area contributed by atoms with E-state index in [2.05, 4.69) is 10.6 Å². The fourth-order valence-corrected chi connectivity index (χ4v) is 4.59. The highest BCUT2D eigenvalue weighted by Crippen LogP contribution is 2.38. The monoisotopic (exact) mass is 386 g/mol. The van der Waals surface area contributed by atoms with E-state index in [9.17, 15) is 14.4 Å². The zero-order valence-electron chi connectivity index (χ0n) is 16.1. The minimum atomic E-state index is -0.654. The lowest BCUT2D eigenvalue weighted by Crippen LogP contribution is -2.53. The number of alkyl carbamates (subject to hydrolysis) is 1. The summed E-state index contributed by atoms with van der Waals surface area (Å²) in [7, 11) is 0. The fraction of sp³-hybridized carbons (Fsp3) is 0.824. The Balaban J connectivity index is 2.00. The molecule has 0 bridgehead atoms. The number of carbonyl (C=O) groups excluding carboxylic acids is 3. The summed E-state index contributed by atoms with van der Waals surface area (Å²) < 4.78 is 5.28. The summed E-state index contributed by atoms with van der Waals surface area (Å²) in [5.74, 6) is 0.0359. The van der Waals surface area contributed by atoms with Gasteiger partial charge in [0, 0.05) is 18.8 Å². The van der Waals surface area contributed by atoms with Gasteiger partial charge in [0.05, 0.1) is 10.9 Å². The molecule has 0 aromatic heterocycles. The van der Waals surface area contributed by atoms with Crippen LogP contribution in [0.15, 0.2) is 0 Å². The van der Waals surface area contributed by atoms with Crippen LogP contribution in [0, 0.1) is 5.92 Å². The van der Waals surface area contributed by atoms with E-state index in [0.717, 1.165) is 6.42 Å². The van der Waals surface area contributed by atoms with E-state index in [1.165, 1.54) is 0 Å². The second-order valence-electron chi connectivity index (χ2n) is 8.28. The molecule has 0 aliphatic carbocycles. The average Bonchev–Trinajstić information content (AvgIpc) is 3.10. The Bertz CT molecular complexity index is 578. The Morgan fingerprint density at radius 1 is 1.35 bits per heavy atom. The molecule has 0 aromatic carbocycles. The van der Waals surface area contributed by atoms with Gasteiger partial charge in [-0.25, -0.2) is 4.79 Å². The first-order valence-corrected chi connectivity index (χ1v) is 9.90. The molecule has 9 heteroatoms. The van der Waals surface area contributed by atoms with Crippen molar-refractivity contribution in [3.8, 4) is 0 Å². The maximum atomic E-state index is 13.0. The highest BCUT2D eigenvalue weighted by atomic mass is 32.2. The molecule has 2 rings (SSSR count). The van der Waals surface area contributed by atoms with Crippen molar-refractivity contribution in [3.63, 3.8) is 0 Å². The number of hydrogen-bond acceptors (Lipinski definition) is 6. The van der Waals surface area contributed by atoms with Gasteiger partial charge in [0.2, 0.25) is 11.8 Å². The van der Waals surface area contributed by atoms with Crippen molar-refractivity contribution in [1.29, 1.82) is 0 Å². The lowest BCUT2D eigenvalue weighted by atomic mass is 10.0. The number of likely N-dealkylation sites (tertiary alicyclic amines) is 1. The van der Waals surface area contributed by atoms with Crippen molar-refractivity contribution in [3.05, 3.63) is 0 Å². The summed E-state index contributed by atoms with van der Waals surface area (Å²) >= 11 is 1.63. The number of nitrogens with two attached hydrogens (primary N) is 1. The number of nitrogens with zero attached hydrogens (tertiary/aromatic N) is 1. The number of nitrogens with one attached hydrogen (secondary N) is 2. The largest absolute Gasteiger partial charge is 0.444 e. The van der Waals surface area contributed by atoms with Crippen molar-refractivity contribution >= 4 is 29.7 Å². The van der Waals surface area contributed by atoms with Crippen LogP contribution in [0.5, 0.6) is 0 Å². The van der Waals surface area contributed by atoms with E-state index in [1.54, 1.807) is 37.4 Å². The molecule has 0 radical (unpaired) electrons. The maximum Gasteiger partial charge on any atom is 0.408 e. The lowest BCUT2D eigenvalue weighted by molar-refractivity contribution is -0.133. The van der Waals surface area contributed by atoms with Crippen LogP contribution < -0.4 is 16.4 Å². The minimum Gasteiger partial charge on any atom is -0.444 e. The number of ether oxygens (including phenoxy) is 1. The van der Waals surface area contributed by atoms with Crippen LogP contribution >= 0.6 is 11.8 Å². The van der Waals surface area contributed by atoms with Gasteiger partial charge in [-0.15, -0.1) is 11.8 Å². The van der Waals surface area contributed by atoms with Crippen molar-refractivity contribution in [1.82, 2.24) is 15.5 Å². The summed E-state index contributed by atoms with van der Waals surface area (Å²) in [6.07, 6.45) is 0.144. The third-order valence-corrected chi connectivity index (χ3v) is 5.96. The molecule has 4 N–H and O–H groups in total. The van der Waals surface area contributed by atoms with Crippen molar-refractivity contribution in [2.24, 2.45) is 11.7 Å². The second kappa shape index (κ2) is 7.64. The summed E-state index contributed by atoms with van der Waals surface area (Å²) in [6.45, 7) is 10.2. The number of amides is 3. The van der Waals surface area contributed by atoms with Gasteiger partial charge >= 0.3 is 6.09 Å². The molecule has 2 aliphatic heterocycles. The molecule has 1 unspecified atom stereocenters. The standard InChI is InChI=1S/C17H30N4O4S/c1-10(2)12(19-15(24)25-16(3,4)5)14(23)21-7-6-17(9-21)20-11(8-26-17)13(18)22/h10-12,20H,6-9H2,1-5H3,(H2,18,22)(H,19,24)/t11-,12-,17?/m0/s1. The van der Waals surface area contributed by atoms with E-state index in [1.807, 2.05) is 13.8 Å². The number of rotatable bonds is 4. The normalized spacial score (nSPS) is 27.0. The van der Waals surface area contributed by atoms with Gasteiger partial charge < -0.3 is 20.7 Å². The van der Waals surface area contributed by atoms with Gasteiger partial charge in [0.15, 0.2) is 0 Å². The first-order valence-electron chi connectivity index (χ1n) is 8.92. The number of thioether (sulfide) groups is 1. The molecular formula is C17H30N4O4S. The van der Waals surface area contributed by atoms with Crippen LogP contribution in [-0.2, 0) is 14.3 Å². The Hall–Kier alpha value is -1.48. The van der Waals surface area contributed by atoms with E-state index in [-0.39, 0.29) is 28.6 Å². The summed E-state index contributed by atoms with van der Waals surface area (Å²) in [5.41, 5.74) is 4.76. The Morgan fingerprint density at radius 3 is 2.50 bits per heavy atom. The quantitative estimate of drug-likeness (QED) is 0.654. The van der Waals surface area contributed by atoms with Gasteiger partial charge in [-0.2, -0.15) is 0 Å². The molecule has 8 nitrogen and oxygen atoms in total. The molecule has 3 amide bonds. The van der Waals surface area contributed by atoms with Crippen LogP contribution in [0.1, 0.15) is 41.0 Å². The van der Waals surface area contributed by atoms with Gasteiger partial charge in [-0.05, 0) is 33.1 Å². The van der Waals surface area contributed by atoms with Crippen LogP contribution in [0.25, 0.3) is 0 Å². The third-order valence-electron chi connectivity index (χ3n) is 4.46. The van der Waals surface area contributed by atoms with Crippen LogP contribution in [0.2, 0.25) is 0 Å². The molecule has 26 heavy (non-hydrogen) atoms. The first-order chi connectivity index (χ1) is 11.9. The molecule has 0 saturated carbocycles. The Morgan fingerprint density at radius 2 is 2.00 bits per heavy atom. The smallest absolute Gasteiger partial charge is 0.408 e. The van der Waals surface area contributed by atoms with E-state index >= 15 is 0 Å². The molecule has 3 atom stereocenters. The van der Waals surface area contributed by atoms with Gasteiger partial charge in [-0.3, -0.25) is 14.9 Å². The topological polar surface area (TPSA) is 114 Å². The fourth-order valence-electron chi connectivity index (χ4n) is 3.15. The minimum absolute atomic E-state index is 0.0749. The zero-order valence-corrected chi connectivity index (χ0v) is 16.9. The van der Waals surface area contributed by atoms with E-state index in [4.69, 9.17) is 10.5 Å².